The first-order valence-corrected chi connectivity index (χ1v) is 7.58. The van der Waals surface area contributed by atoms with E-state index in [1.807, 2.05) is 0 Å². The van der Waals surface area contributed by atoms with Crippen LogP contribution in [0.5, 0.6) is 5.75 Å². The van der Waals surface area contributed by atoms with Crippen LogP contribution in [-0.4, -0.2) is 21.9 Å². The molecule has 126 valence electrons. The maximum absolute atomic E-state index is 12.2. The van der Waals surface area contributed by atoms with Crippen molar-refractivity contribution in [2.45, 2.75) is 20.0 Å². The van der Waals surface area contributed by atoms with Gasteiger partial charge >= 0.3 is 5.82 Å². The van der Waals surface area contributed by atoms with Crippen LogP contribution in [0.25, 0.3) is 0 Å². The minimum atomic E-state index is -1.03. The molecule has 24 heavy (non-hydrogen) atoms. The van der Waals surface area contributed by atoms with Crippen LogP contribution >= 0.6 is 23.2 Å². The van der Waals surface area contributed by atoms with Gasteiger partial charge in [-0.2, -0.15) is 0 Å². The molecular formula is C15H13Cl2N3O4. The number of ether oxygens (including phenoxy) is 1. The summed E-state index contributed by atoms with van der Waals surface area (Å²) in [6, 6.07) is 7.73. The molecule has 0 spiro atoms. The highest BCUT2D eigenvalue weighted by Gasteiger charge is 2.23. The maximum Gasteiger partial charge on any atom is 0.406 e. The number of nitrogens with zero attached hydrogens (tertiary/aromatic N) is 2. The highest BCUT2D eigenvalue weighted by molar-refractivity contribution is 6.39. The minimum Gasteiger partial charge on any atom is -0.473 e. The fraction of sp³-hybridized carbons (Fsp3) is 0.200. The molecular weight excluding hydrogens is 357 g/mol. The number of aromatic nitrogens is 1. The van der Waals surface area contributed by atoms with Crippen molar-refractivity contribution in [1.29, 1.82) is 0 Å². The molecule has 0 saturated heterocycles. The van der Waals surface area contributed by atoms with Crippen LogP contribution in [0.3, 0.4) is 0 Å². The Morgan fingerprint density at radius 3 is 2.50 bits per heavy atom. The molecule has 0 bridgehead atoms. The van der Waals surface area contributed by atoms with Crippen molar-refractivity contribution in [3.05, 3.63) is 56.2 Å². The zero-order valence-corrected chi connectivity index (χ0v) is 14.3. The molecule has 1 atom stereocenters. The molecule has 1 heterocycles. The third kappa shape index (κ3) is 4.12. The lowest BCUT2D eigenvalue weighted by Gasteiger charge is -2.15. The van der Waals surface area contributed by atoms with Crippen LogP contribution in [0.4, 0.5) is 11.5 Å². The van der Waals surface area contributed by atoms with Crippen LogP contribution in [-0.2, 0) is 4.79 Å². The number of nitrogens with one attached hydrogen (secondary N) is 1. The Balaban J connectivity index is 2.17. The van der Waals surface area contributed by atoms with Gasteiger partial charge < -0.3 is 20.2 Å². The van der Waals surface area contributed by atoms with Gasteiger partial charge in [0.15, 0.2) is 6.10 Å². The number of hydrogen-bond acceptors (Lipinski definition) is 5. The number of nitro groups is 1. The summed E-state index contributed by atoms with van der Waals surface area (Å²) in [5.74, 6) is -1.11. The number of amides is 1. The van der Waals surface area contributed by atoms with Crippen molar-refractivity contribution in [3.63, 3.8) is 0 Å². The molecule has 0 radical (unpaired) electrons. The summed E-state index contributed by atoms with van der Waals surface area (Å²) in [6.45, 7) is 3.07. The average Bonchev–Trinajstić information content (AvgIpc) is 2.52. The van der Waals surface area contributed by atoms with Crippen molar-refractivity contribution in [1.82, 2.24) is 4.98 Å². The number of carbonyl (C=O) groups is 1. The summed E-state index contributed by atoms with van der Waals surface area (Å²) in [5.41, 5.74) is 0.715. The van der Waals surface area contributed by atoms with Crippen molar-refractivity contribution in [2.75, 3.05) is 5.32 Å². The van der Waals surface area contributed by atoms with E-state index in [4.69, 9.17) is 27.9 Å². The zero-order valence-electron chi connectivity index (χ0n) is 12.7. The number of hydrogen-bond donors (Lipinski definition) is 1. The molecule has 1 aromatic carbocycles. The highest BCUT2D eigenvalue weighted by Crippen LogP contribution is 2.30. The summed E-state index contributed by atoms with van der Waals surface area (Å²) >= 11 is 12.0. The number of para-hydroxylation sites is 1. The zero-order chi connectivity index (χ0) is 17.9. The monoisotopic (exact) mass is 369 g/mol. The molecule has 1 aromatic heterocycles. The Kier molecular flexibility index (Phi) is 5.58. The van der Waals surface area contributed by atoms with E-state index in [2.05, 4.69) is 10.3 Å². The third-order valence-electron chi connectivity index (χ3n) is 3.04. The largest absolute Gasteiger partial charge is 0.473 e. The number of aryl methyl sites for hydroxylation is 1. The highest BCUT2D eigenvalue weighted by atomic mass is 35.5. The molecule has 2 aromatic rings. The summed E-state index contributed by atoms with van der Waals surface area (Å²) in [4.78, 5) is 26.4. The van der Waals surface area contributed by atoms with Gasteiger partial charge in [0.05, 0.1) is 15.7 Å². The second-order valence-electron chi connectivity index (χ2n) is 4.88. The number of anilines is 1. The third-order valence-corrected chi connectivity index (χ3v) is 3.67. The molecule has 0 aliphatic rings. The number of carbonyl (C=O) groups excluding carboxylic acids is 1. The molecule has 0 fully saturated rings. The SMILES string of the molecule is Cc1ccc(O[C@H](C)C(=O)Nc2c(Cl)cccc2Cl)c([N+](=O)[O-])n1. The van der Waals surface area contributed by atoms with Crippen molar-refractivity contribution in [3.8, 4) is 5.75 Å². The van der Waals surface area contributed by atoms with E-state index >= 15 is 0 Å². The van der Waals surface area contributed by atoms with Gasteiger partial charge in [0.2, 0.25) is 5.75 Å². The van der Waals surface area contributed by atoms with Gasteiger partial charge in [0.1, 0.15) is 5.69 Å². The van der Waals surface area contributed by atoms with Crippen molar-refractivity contribution >= 4 is 40.6 Å². The number of rotatable bonds is 5. The minimum absolute atomic E-state index is 0.0986. The first-order valence-electron chi connectivity index (χ1n) is 6.83. The van der Waals surface area contributed by atoms with E-state index in [-0.39, 0.29) is 21.5 Å². The second kappa shape index (κ2) is 7.46. The number of benzene rings is 1. The van der Waals surface area contributed by atoms with Gasteiger partial charge in [-0.05, 0) is 41.1 Å². The lowest BCUT2D eigenvalue weighted by atomic mass is 10.3. The molecule has 2 rings (SSSR count). The Hall–Kier alpha value is -2.38. The van der Waals surface area contributed by atoms with E-state index < -0.39 is 22.8 Å². The molecule has 1 N–H and O–H groups in total. The molecule has 0 saturated carbocycles. The van der Waals surface area contributed by atoms with E-state index in [1.165, 1.54) is 13.0 Å². The molecule has 0 aliphatic carbocycles. The Morgan fingerprint density at radius 2 is 1.92 bits per heavy atom. The normalized spacial score (nSPS) is 11.7. The van der Waals surface area contributed by atoms with E-state index in [9.17, 15) is 14.9 Å². The average molecular weight is 370 g/mol. The molecule has 1 amide bonds. The summed E-state index contributed by atoms with van der Waals surface area (Å²) in [7, 11) is 0. The number of halogens is 2. The molecule has 7 nitrogen and oxygen atoms in total. The summed E-state index contributed by atoms with van der Waals surface area (Å²) in [6.07, 6.45) is -1.03. The molecule has 9 heteroatoms. The van der Waals surface area contributed by atoms with Gasteiger partial charge in [-0.3, -0.25) is 4.79 Å². The Morgan fingerprint density at radius 1 is 1.29 bits per heavy atom. The van der Waals surface area contributed by atoms with Gasteiger partial charge in [-0.15, -0.1) is 0 Å². The first-order chi connectivity index (χ1) is 11.3. The Labute approximate surface area is 147 Å². The number of pyridine rings is 1. The molecule has 0 unspecified atom stereocenters. The quantitative estimate of drug-likeness (QED) is 0.634. The smallest absolute Gasteiger partial charge is 0.406 e. The first kappa shape index (κ1) is 18.0. The van der Waals surface area contributed by atoms with Crippen LogP contribution < -0.4 is 10.1 Å². The predicted octanol–water partition coefficient (Wildman–Crippen LogP) is 4.01. The maximum atomic E-state index is 12.2. The Bertz CT molecular complexity index is 778. The molecule has 0 aliphatic heterocycles. The van der Waals surface area contributed by atoms with E-state index in [1.54, 1.807) is 31.2 Å². The van der Waals surface area contributed by atoms with Crippen LogP contribution in [0.2, 0.25) is 10.0 Å². The second-order valence-corrected chi connectivity index (χ2v) is 5.69. The predicted molar refractivity (Wildman–Crippen MR) is 90.8 cm³/mol. The summed E-state index contributed by atoms with van der Waals surface area (Å²) < 4.78 is 5.37. The van der Waals surface area contributed by atoms with Crippen molar-refractivity contribution in [2.24, 2.45) is 0 Å². The van der Waals surface area contributed by atoms with Crippen LogP contribution in [0.15, 0.2) is 30.3 Å². The fourth-order valence-electron chi connectivity index (χ4n) is 1.84. The lowest BCUT2D eigenvalue weighted by molar-refractivity contribution is -0.390. The van der Waals surface area contributed by atoms with Crippen molar-refractivity contribution < 1.29 is 14.5 Å². The standard InChI is InChI=1S/C15H13Cl2N3O4/c1-8-6-7-12(14(18-8)20(22)23)24-9(2)15(21)19-13-10(16)4-3-5-11(13)17/h3-7,9H,1-2H3,(H,19,21)/t9-/m1/s1. The van der Waals surface area contributed by atoms with Crippen LogP contribution in [0, 0.1) is 17.0 Å². The van der Waals surface area contributed by atoms with Crippen LogP contribution in [0.1, 0.15) is 12.6 Å². The van der Waals surface area contributed by atoms with E-state index in [0.717, 1.165) is 0 Å². The van der Waals surface area contributed by atoms with Gasteiger partial charge in [-0.1, -0.05) is 29.3 Å². The fourth-order valence-corrected chi connectivity index (χ4v) is 2.33. The van der Waals surface area contributed by atoms with Gasteiger partial charge in [-0.25, -0.2) is 0 Å². The lowest BCUT2D eigenvalue weighted by Crippen LogP contribution is -2.30. The summed E-state index contributed by atoms with van der Waals surface area (Å²) in [5, 5.41) is 14.1. The van der Waals surface area contributed by atoms with Gasteiger partial charge in [0.25, 0.3) is 5.91 Å². The van der Waals surface area contributed by atoms with E-state index in [0.29, 0.717) is 5.69 Å². The van der Waals surface area contributed by atoms with Gasteiger partial charge in [0, 0.05) is 6.92 Å². The topological polar surface area (TPSA) is 94.4 Å².